The van der Waals surface area contributed by atoms with Crippen LogP contribution in [-0.4, -0.2) is 39.9 Å². The van der Waals surface area contributed by atoms with E-state index in [0.717, 1.165) is 156 Å². The number of rotatable bonds is 15. The molecular weight excluding hydrogens is 1270 g/mol. The van der Waals surface area contributed by atoms with Crippen LogP contribution < -0.4 is 0 Å². The zero-order valence-electron chi connectivity index (χ0n) is 56.4. The van der Waals surface area contributed by atoms with Gasteiger partial charge in [-0.2, -0.15) is 0 Å². The largest absolute Gasteiger partial charge is 0.248 e. The molecule has 18 aromatic rings. The first-order chi connectivity index (χ1) is 51.5. The Morgan fingerprint density at radius 1 is 0.135 bits per heavy atom. The normalized spacial score (nSPS) is 11.3. The number of benzene rings is 14. The van der Waals surface area contributed by atoms with Crippen LogP contribution in [0.1, 0.15) is 0 Å². The van der Waals surface area contributed by atoms with E-state index >= 15 is 0 Å². The molecule has 0 atom stereocenters. The lowest BCUT2D eigenvalue weighted by molar-refractivity contribution is 1.07. The molecule has 0 spiro atoms. The summed E-state index contributed by atoms with van der Waals surface area (Å²) in [6, 6.07) is 131. The summed E-state index contributed by atoms with van der Waals surface area (Å²) in [5, 5.41) is 4.39. The molecule has 4 aromatic heterocycles. The molecule has 0 radical (unpaired) electrons. The molecule has 0 unspecified atom stereocenters. The van der Waals surface area contributed by atoms with Gasteiger partial charge in [-0.25, -0.2) is 39.9 Å². The molecule has 0 aliphatic heterocycles. The first kappa shape index (κ1) is 62.2. The third-order valence-electron chi connectivity index (χ3n) is 19.2. The fourth-order valence-corrected chi connectivity index (χ4v) is 14.1. The summed E-state index contributed by atoms with van der Waals surface area (Å²) in [5.41, 5.74) is 23.5. The van der Waals surface area contributed by atoms with Crippen LogP contribution in [0.3, 0.4) is 0 Å². The number of hydrogen-bond acceptors (Lipinski definition) is 8. The second-order valence-corrected chi connectivity index (χ2v) is 25.7. The van der Waals surface area contributed by atoms with E-state index in [4.69, 9.17) is 39.9 Å². The van der Waals surface area contributed by atoms with Gasteiger partial charge in [-0.1, -0.05) is 352 Å². The molecule has 486 valence electrons. The minimum absolute atomic E-state index is 0.552. The Hall–Kier alpha value is -14.1. The summed E-state index contributed by atoms with van der Waals surface area (Å²) in [5.74, 6) is 3.46. The number of fused-ring (bicyclic) bond motifs is 2. The number of hydrogen-bond donors (Lipinski definition) is 0. The van der Waals surface area contributed by atoms with Crippen molar-refractivity contribution in [3.05, 3.63) is 376 Å². The molecule has 14 aromatic carbocycles. The summed E-state index contributed by atoms with van der Waals surface area (Å²) in [6.07, 6.45) is 0. The summed E-state index contributed by atoms with van der Waals surface area (Å²) in [7, 11) is 0. The van der Waals surface area contributed by atoms with Crippen molar-refractivity contribution in [3.8, 4) is 169 Å². The molecule has 0 aliphatic carbocycles. The molecule has 0 bridgehead atoms. The fourth-order valence-electron chi connectivity index (χ4n) is 14.1. The zero-order valence-corrected chi connectivity index (χ0v) is 56.4. The molecule has 8 heteroatoms. The molecule has 18 rings (SSSR count). The van der Waals surface area contributed by atoms with Gasteiger partial charge in [-0.15, -0.1) is 0 Å². The average Bonchev–Trinajstić information content (AvgIpc) is 0.757. The van der Waals surface area contributed by atoms with Crippen molar-refractivity contribution < 1.29 is 0 Å². The number of pyridine rings is 2. The maximum Gasteiger partial charge on any atom is 0.164 e. The van der Waals surface area contributed by atoms with Crippen molar-refractivity contribution in [2.45, 2.75) is 0 Å². The van der Waals surface area contributed by atoms with Gasteiger partial charge in [0, 0.05) is 55.6 Å². The second kappa shape index (κ2) is 27.6. The highest BCUT2D eigenvalue weighted by Gasteiger charge is 2.23. The third kappa shape index (κ3) is 12.3. The first-order valence-electron chi connectivity index (χ1n) is 34.9. The Morgan fingerprint density at radius 3 is 0.942 bits per heavy atom. The predicted molar refractivity (Wildman–Crippen MR) is 425 cm³/mol. The zero-order chi connectivity index (χ0) is 69.1. The highest BCUT2D eigenvalue weighted by atomic mass is 15.0. The van der Waals surface area contributed by atoms with E-state index in [-0.39, 0.29) is 0 Å². The van der Waals surface area contributed by atoms with Crippen molar-refractivity contribution >= 4 is 21.5 Å². The van der Waals surface area contributed by atoms with E-state index in [1.165, 1.54) is 0 Å². The predicted octanol–water partition coefficient (Wildman–Crippen LogP) is 24.2. The van der Waals surface area contributed by atoms with Gasteiger partial charge in [0.15, 0.2) is 34.9 Å². The fraction of sp³-hybridized carbons (Fsp3) is 0. The third-order valence-corrected chi connectivity index (χ3v) is 19.2. The van der Waals surface area contributed by atoms with Crippen molar-refractivity contribution in [2.24, 2.45) is 0 Å². The van der Waals surface area contributed by atoms with Crippen molar-refractivity contribution in [1.82, 2.24) is 39.9 Å². The maximum absolute atomic E-state index is 5.47. The van der Waals surface area contributed by atoms with Crippen LogP contribution in [0.4, 0.5) is 0 Å². The van der Waals surface area contributed by atoms with E-state index in [2.05, 4.69) is 279 Å². The van der Waals surface area contributed by atoms with Crippen LogP contribution >= 0.6 is 0 Å². The molecule has 0 saturated heterocycles. The molecule has 0 saturated carbocycles. The lowest BCUT2D eigenvalue weighted by Crippen LogP contribution is -2.01. The van der Waals surface area contributed by atoms with Gasteiger partial charge in [0.1, 0.15) is 0 Å². The molecule has 0 fully saturated rings. The Bertz CT molecular complexity index is 5990. The van der Waals surface area contributed by atoms with Crippen LogP contribution in [0.25, 0.3) is 191 Å². The van der Waals surface area contributed by atoms with E-state index in [1.807, 2.05) is 97.1 Å². The van der Waals surface area contributed by atoms with E-state index in [0.29, 0.717) is 34.9 Å². The monoisotopic (exact) mass is 1330 g/mol. The molecule has 0 amide bonds. The quantitative estimate of drug-likeness (QED) is 0.1000. The van der Waals surface area contributed by atoms with Crippen molar-refractivity contribution in [2.75, 3.05) is 0 Å². The van der Waals surface area contributed by atoms with Gasteiger partial charge in [0.25, 0.3) is 0 Å². The lowest BCUT2D eigenvalue weighted by atomic mass is 9.86. The first-order valence-corrected chi connectivity index (χ1v) is 34.9. The summed E-state index contributed by atoms with van der Waals surface area (Å²) < 4.78 is 0. The molecule has 104 heavy (non-hydrogen) atoms. The Morgan fingerprint density at radius 2 is 0.462 bits per heavy atom. The molecule has 0 aliphatic rings. The smallest absolute Gasteiger partial charge is 0.164 e. The highest BCUT2D eigenvalue weighted by molar-refractivity contribution is 6.11. The second-order valence-electron chi connectivity index (χ2n) is 25.7. The van der Waals surface area contributed by atoms with Crippen molar-refractivity contribution in [3.63, 3.8) is 0 Å². The van der Waals surface area contributed by atoms with E-state index in [9.17, 15) is 0 Å². The Labute approximate surface area is 602 Å². The topological polar surface area (TPSA) is 103 Å². The lowest BCUT2D eigenvalue weighted by Gasteiger charge is -2.19. The standard InChI is InChI=1S/C96H62N8/c1-8-27-63(28-9-1)75-59-85(65-30-10-2-11-31-65)98-88(60-75)84-56-55-64-29-22-23-42-77(64)90(84)69-49-53-74(54-50-69)95-102-93(72-40-20-7-21-41-72)103-96(104-95)83-44-25-24-43-80(83)79-45-26-46-82-81(79)58-57-78(76-61-86(66-32-12-3-13-33-66)97-87(62-76)67-34-14-4-15-35-67)89(82)68-47-51-73(52-48-68)94-100-91(70-36-16-5-17-37-70)99-92(101-94)71-38-18-6-19-39-71/h1-62H. The van der Waals surface area contributed by atoms with Crippen LogP contribution in [0.15, 0.2) is 376 Å². The molecular formula is C96H62N8. The molecule has 8 nitrogen and oxygen atoms in total. The van der Waals surface area contributed by atoms with Gasteiger partial charge in [0.05, 0.1) is 22.8 Å². The minimum Gasteiger partial charge on any atom is -0.248 e. The molecule has 0 N–H and O–H groups in total. The summed E-state index contributed by atoms with van der Waals surface area (Å²) in [6.45, 7) is 0. The van der Waals surface area contributed by atoms with E-state index < -0.39 is 0 Å². The van der Waals surface area contributed by atoms with Gasteiger partial charge in [-0.3, -0.25) is 0 Å². The number of aromatic nitrogens is 8. The Kier molecular flexibility index (Phi) is 16.5. The average molecular weight is 1330 g/mol. The number of nitrogens with zero attached hydrogens (tertiary/aromatic N) is 8. The van der Waals surface area contributed by atoms with Crippen LogP contribution in [0, 0.1) is 0 Å². The van der Waals surface area contributed by atoms with Crippen molar-refractivity contribution in [1.29, 1.82) is 0 Å². The SMILES string of the molecule is c1ccc(-c2cc(-c3ccccc3)nc(-c3ccc4ccccc4c3-c3ccc(-c4nc(-c5ccccc5)nc(-c5ccccc5-c5cccc6c(-c7ccc(-c8nc(-c9ccccc9)nc(-c9ccccc9)n8)cc7)c(-c7cc(-c8ccccc8)nc(-c8ccccc8)c7)ccc56)n4)cc3)c2)cc1. The van der Waals surface area contributed by atoms with Gasteiger partial charge in [-0.05, 0) is 101 Å². The van der Waals surface area contributed by atoms with Gasteiger partial charge < -0.3 is 0 Å². The van der Waals surface area contributed by atoms with Gasteiger partial charge in [0.2, 0.25) is 0 Å². The van der Waals surface area contributed by atoms with E-state index in [1.54, 1.807) is 0 Å². The Balaban J connectivity index is 0.780. The summed E-state index contributed by atoms with van der Waals surface area (Å²) >= 11 is 0. The van der Waals surface area contributed by atoms with Crippen LogP contribution in [0.2, 0.25) is 0 Å². The van der Waals surface area contributed by atoms with Crippen LogP contribution in [0.5, 0.6) is 0 Å². The maximum atomic E-state index is 5.47. The summed E-state index contributed by atoms with van der Waals surface area (Å²) in [4.78, 5) is 42.2. The highest BCUT2D eigenvalue weighted by Crippen LogP contribution is 2.46. The van der Waals surface area contributed by atoms with Gasteiger partial charge >= 0.3 is 0 Å². The van der Waals surface area contributed by atoms with Crippen LogP contribution in [-0.2, 0) is 0 Å². The molecule has 4 heterocycles. The minimum atomic E-state index is 0.552.